The number of nitro groups is 1. The van der Waals surface area contributed by atoms with Crippen LogP contribution in [0.3, 0.4) is 0 Å². The molecule has 0 saturated heterocycles. The Morgan fingerprint density at radius 2 is 1.86 bits per heavy atom. The molecule has 7 heteroatoms. The smallest absolute Gasteiger partial charge is 0.284 e. The van der Waals surface area contributed by atoms with E-state index in [4.69, 9.17) is 5.73 Å². The third kappa shape index (κ3) is 3.21. The quantitative estimate of drug-likeness (QED) is 0.440. The van der Waals surface area contributed by atoms with E-state index in [1.54, 1.807) is 24.3 Å². The van der Waals surface area contributed by atoms with Gasteiger partial charge in [-0.1, -0.05) is 30.3 Å². The van der Waals surface area contributed by atoms with Gasteiger partial charge in [0.05, 0.1) is 17.2 Å². The topological polar surface area (TPSA) is 118 Å². The zero-order valence-electron chi connectivity index (χ0n) is 11.7. The zero-order chi connectivity index (χ0) is 16.1. The fraction of sp³-hybridized carbons (Fsp3) is 0.133. The van der Waals surface area contributed by atoms with Gasteiger partial charge >= 0.3 is 0 Å². The number of aliphatic hydroxyl groups excluding tert-OH is 1. The fourth-order valence-corrected chi connectivity index (χ4v) is 2.11. The summed E-state index contributed by atoms with van der Waals surface area (Å²) in [4.78, 5) is 22.5. The molecule has 0 radical (unpaired) electrons. The number of nitrogen functional groups attached to an aromatic ring is 1. The average Bonchev–Trinajstić information content (AvgIpc) is 2.52. The van der Waals surface area contributed by atoms with Crippen molar-refractivity contribution in [3.63, 3.8) is 0 Å². The number of nitrogens with one attached hydrogen (secondary N) is 1. The highest BCUT2D eigenvalue weighted by atomic mass is 16.6. The molecule has 114 valence electrons. The number of rotatable bonds is 5. The van der Waals surface area contributed by atoms with E-state index in [-0.39, 0.29) is 30.1 Å². The second-order valence-electron chi connectivity index (χ2n) is 4.61. The number of nitro benzene ring substituents is 1. The molecule has 0 atom stereocenters. The molecule has 0 spiro atoms. The third-order valence-corrected chi connectivity index (χ3v) is 3.23. The van der Waals surface area contributed by atoms with Crippen LogP contribution in [0.2, 0.25) is 0 Å². The van der Waals surface area contributed by atoms with Crippen LogP contribution in [0.5, 0.6) is 0 Å². The fourth-order valence-electron chi connectivity index (χ4n) is 2.11. The number of anilines is 1. The molecule has 2 aromatic rings. The maximum absolute atomic E-state index is 12.2. The van der Waals surface area contributed by atoms with Gasteiger partial charge in [0, 0.05) is 12.6 Å². The summed E-state index contributed by atoms with van der Waals surface area (Å²) in [5.74, 6) is -0.627. The van der Waals surface area contributed by atoms with E-state index in [0.717, 1.165) is 5.56 Å². The minimum Gasteiger partial charge on any atom is -0.398 e. The number of aliphatic hydroxyl groups is 1. The summed E-state index contributed by atoms with van der Waals surface area (Å²) in [6, 6.07) is 11.1. The Kier molecular flexibility index (Phi) is 4.70. The summed E-state index contributed by atoms with van der Waals surface area (Å²) < 4.78 is 0. The van der Waals surface area contributed by atoms with Crippen LogP contribution in [0.4, 0.5) is 11.4 Å². The summed E-state index contributed by atoms with van der Waals surface area (Å²) in [7, 11) is 0. The summed E-state index contributed by atoms with van der Waals surface area (Å²) in [5.41, 5.74) is 6.64. The lowest BCUT2D eigenvalue weighted by molar-refractivity contribution is -0.385. The van der Waals surface area contributed by atoms with Crippen LogP contribution in [0.15, 0.2) is 42.5 Å². The lowest BCUT2D eigenvalue weighted by Crippen LogP contribution is -2.25. The molecule has 22 heavy (non-hydrogen) atoms. The predicted molar refractivity (Wildman–Crippen MR) is 81.0 cm³/mol. The molecule has 0 fully saturated rings. The van der Waals surface area contributed by atoms with Gasteiger partial charge in [-0.15, -0.1) is 0 Å². The van der Waals surface area contributed by atoms with Gasteiger partial charge < -0.3 is 16.2 Å². The van der Waals surface area contributed by atoms with Crippen LogP contribution in [0, 0.1) is 10.1 Å². The van der Waals surface area contributed by atoms with Crippen molar-refractivity contribution in [1.29, 1.82) is 0 Å². The minimum absolute atomic E-state index is 0.0437. The van der Waals surface area contributed by atoms with E-state index < -0.39 is 10.8 Å². The highest BCUT2D eigenvalue weighted by Crippen LogP contribution is 2.24. The third-order valence-electron chi connectivity index (χ3n) is 3.23. The molecular formula is C15H15N3O4. The zero-order valence-corrected chi connectivity index (χ0v) is 11.7. The maximum Gasteiger partial charge on any atom is 0.284 e. The van der Waals surface area contributed by atoms with E-state index in [1.165, 1.54) is 18.2 Å². The van der Waals surface area contributed by atoms with Crippen molar-refractivity contribution in [2.75, 3.05) is 5.73 Å². The maximum atomic E-state index is 12.2. The van der Waals surface area contributed by atoms with Crippen molar-refractivity contribution >= 4 is 17.3 Å². The molecule has 0 heterocycles. The Hall–Kier alpha value is -2.93. The SMILES string of the molecule is Nc1cccc([N+](=O)[O-])c1C(=O)NCc1ccccc1CO. The molecule has 0 unspecified atom stereocenters. The van der Waals surface area contributed by atoms with E-state index in [1.807, 2.05) is 0 Å². The molecule has 2 aromatic carbocycles. The van der Waals surface area contributed by atoms with Gasteiger partial charge in [0.15, 0.2) is 0 Å². The molecule has 4 N–H and O–H groups in total. The summed E-state index contributed by atoms with van der Waals surface area (Å²) in [6.45, 7) is -0.0132. The summed E-state index contributed by atoms with van der Waals surface area (Å²) in [5, 5.41) is 22.8. The Morgan fingerprint density at radius 1 is 1.18 bits per heavy atom. The molecule has 7 nitrogen and oxygen atoms in total. The van der Waals surface area contributed by atoms with Crippen molar-refractivity contribution in [3.8, 4) is 0 Å². The first-order valence-corrected chi connectivity index (χ1v) is 6.53. The monoisotopic (exact) mass is 301 g/mol. The number of carbonyl (C=O) groups excluding carboxylic acids is 1. The van der Waals surface area contributed by atoms with Crippen molar-refractivity contribution in [3.05, 3.63) is 69.3 Å². The first-order valence-electron chi connectivity index (χ1n) is 6.53. The van der Waals surface area contributed by atoms with Crippen LogP contribution < -0.4 is 11.1 Å². The Balaban J connectivity index is 2.22. The van der Waals surface area contributed by atoms with Crippen molar-refractivity contribution in [1.82, 2.24) is 5.32 Å². The average molecular weight is 301 g/mol. The largest absolute Gasteiger partial charge is 0.398 e. The Labute approximate surface area is 126 Å². The van der Waals surface area contributed by atoms with E-state index in [2.05, 4.69) is 5.32 Å². The van der Waals surface area contributed by atoms with Crippen LogP contribution in [0.1, 0.15) is 21.5 Å². The predicted octanol–water partition coefficient (Wildman–Crippen LogP) is 1.60. The lowest BCUT2D eigenvalue weighted by atomic mass is 10.1. The number of amides is 1. The Morgan fingerprint density at radius 3 is 2.50 bits per heavy atom. The van der Waals surface area contributed by atoms with Crippen LogP contribution in [-0.2, 0) is 13.2 Å². The van der Waals surface area contributed by atoms with Crippen molar-refractivity contribution < 1.29 is 14.8 Å². The Bertz CT molecular complexity index is 716. The van der Waals surface area contributed by atoms with Gasteiger partial charge in [-0.2, -0.15) is 0 Å². The minimum atomic E-state index is -0.646. The standard InChI is InChI=1S/C15H15N3O4/c16-12-6-3-7-13(18(21)22)14(12)15(20)17-8-10-4-1-2-5-11(10)9-19/h1-7,19H,8-9,16H2,(H,17,20). The molecular weight excluding hydrogens is 286 g/mol. The van der Waals surface area contributed by atoms with Crippen LogP contribution in [-0.4, -0.2) is 15.9 Å². The second kappa shape index (κ2) is 6.68. The molecule has 0 saturated carbocycles. The van der Waals surface area contributed by atoms with Crippen molar-refractivity contribution in [2.45, 2.75) is 13.2 Å². The lowest BCUT2D eigenvalue weighted by Gasteiger charge is -2.10. The van der Waals surface area contributed by atoms with Gasteiger partial charge in [0.2, 0.25) is 0 Å². The first kappa shape index (κ1) is 15.5. The molecule has 0 aliphatic rings. The van der Waals surface area contributed by atoms with Gasteiger partial charge in [-0.05, 0) is 17.2 Å². The van der Waals surface area contributed by atoms with E-state index in [0.29, 0.717) is 5.56 Å². The molecule has 0 aliphatic carbocycles. The van der Waals surface area contributed by atoms with E-state index in [9.17, 15) is 20.0 Å². The number of nitrogens with zero attached hydrogens (tertiary/aromatic N) is 1. The van der Waals surface area contributed by atoms with Gasteiger partial charge in [-0.25, -0.2) is 0 Å². The summed E-state index contributed by atoms with van der Waals surface area (Å²) in [6.07, 6.45) is 0. The normalized spacial score (nSPS) is 10.2. The number of hydrogen-bond donors (Lipinski definition) is 3. The molecule has 0 aromatic heterocycles. The number of benzene rings is 2. The number of hydrogen-bond acceptors (Lipinski definition) is 5. The first-order chi connectivity index (χ1) is 10.5. The highest BCUT2D eigenvalue weighted by molar-refractivity contribution is 6.03. The summed E-state index contributed by atoms with van der Waals surface area (Å²) >= 11 is 0. The number of nitrogens with two attached hydrogens (primary N) is 1. The van der Waals surface area contributed by atoms with Crippen molar-refractivity contribution in [2.24, 2.45) is 0 Å². The number of carbonyl (C=O) groups is 1. The van der Waals surface area contributed by atoms with Crippen LogP contribution >= 0.6 is 0 Å². The van der Waals surface area contributed by atoms with Gasteiger partial charge in [0.1, 0.15) is 5.56 Å². The molecule has 0 bridgehead atoms. The molecule has 2 rings (SSSR count). The molecule has 0 aliphatic heterocycles. The van der Waals surface area contributed by atoms with E-state index >= 15 is 0 Å². The van der Waals surface area contributed by atoms with Gasteiger partial charge in [-0.3, -0.25) is 14.9 Å². The van der Waals surface area contributed by atoms with Crippen LogP contribution in [0.25, 0.3) is 0 Å². The highest BCUT2D eigenvalue weighted by Gasteiger charge is 2.22. The second-order valence-corrected chi connectivity index (χ2v) is 4.61. The molecule has 1 amide bonds. The van der Waals surface area contributed by atoms with Gasteiger partial charge in [0.25, 0.3) is 11.6 Å².